The van der Waals surface area contributed by atoms with E-state index in [-0.39, 0.29) is 11.6 Å². The quantitative estimate of drug-likeness (QED) is 0.849. The number of amides is 1. The van der Waals surface area contributed by atoms with E-state index in [9.17, 15) is 18.0 Å². The molecule has 0 saturated heterocycles. The van der Waals surface area contributed by atoms with Crippen molar-refractivity contribution < 1.29 is 18.0 Å². The number of hydrogen-bond acceptors (Lipinski definition) is 1. The Hall–Kier alpha value is -2.30. The summed E-state index contributed by atoms with van der Waals surface area (Å²) in [6, 6.07) is 10.3. The summed E-state index contributed by atoms with van der Waals surface area (Å²) in [5.41, 5.74) is 0.636. The number of carbonyl (C=O) groups excluding carboxylic acids is 1. The average Bonchev–Trinajstić information content (AvgIpc) is 2.50. The maximum absolute atomic E-state index is 13.1. The molecule has 0 aliphatic rings. The Labute approximate surface area is 120 Å². The molecule has 0 aliphatic heterocycles. The third-order valence-corrected chi connectivity index (χ3v) is 3.16. The van der Waals surface area contributed by atoms with Crippen LogP contribution in [-0.4, -0.2) is 5.91 Å². The topological polar surface area (TPSA) is 29.1 Å². The summed E-state index contributed by atoms with van der Waals surface area (Å²) in [7, 11) is 0. The molecule has 21 heavy (non-hydrogen) atoms. The highest BCUT2D eigenvalue weighted by Crippen LogP contribution is 2.18. The van der Waals surface area contributed by atoms with E-state index in [2.05, 4.69) is 5.32 Å². The van der Waals surface area contributed by atoms with Crippen molar-refractivity contribution in [2.75, 3.05) is 0 Å². The normalized spacial score (nSPS) is 12.0. The van der Waals surface area contributed by atoms with E-state index in [1.807, 2.05) is 37.3 Å². The summed E-state index contributed by atoms with van der Waals surface area (Å²) in [6.45, 7) is 1.88. The predicted octanol–water partition coefficient (Wildman–Crippen LogP) is 3.99. The number of nitrogens with one attached hydrogen (secondary N) is 1. The van der Waals surface area contributed by atoms with Crippen molar-refractivity contribution >= 4 is 5.91 Å². The molecular formula is C16H14F3NO. The molecule has 1 unspecified atom stereocenters. The number of benzene rings is 2. The molecule has 5 heteroatoms. The zero-order chi connectivity index (χ0) is 15.4. The second kappa shape index (κ2) is 6.43. The van der Waals surface area contributed by atoms with Gasteiger partial charge in [-0.2, -0.15) is 0 Å². The Balaban J connectivity index is 2.21. The van der Waals surface area contributed by atoms with E-state index in [0.29, 0.717) is 18.6 Å². The van der Waals surface area contributed by atoms with Crippen LogP contribution < -0.4 is 5.32 Å². The summed E-state index contributed by atoms with van der Waals surface area (Å²) >= 11 is 0. The van der Waals surface area contributed by atoms with E-state index < -0.39 is 23.4 Å². The van der Waals surface area contributed by atoms with Crippen LogP contribution in [0.4, 0.5) is 13.2 Å². The Morgan fingerprint density at radius 2 is 1.67 bits per heavy atom. The first-order valence-electron chi connectivity index (χ1n) is 6.53. The smallest absolute Gasteiger partial charge is 0.251 e. The van der Waals surface area contributed by atoms with Gasteiger partial charge in [-0.1, -0.05) is 37.3 Å². The predicted molar refractivity (Wildman–Crippen MR) is 73.3 cm³/mol. The number of rotatable bonds is 4. The van der Waals surface area contributed by atoms with Gasteiger partial charge in [0.15, 0.2) is 17.5 Å². The van der Waals surface area contributed by atoms with Crippen LogP contribution >= 0.6 is 0 Å². The molecule has 2 rings (SSSR count). The Bertz CT molecular complexity index is 620. The van der Waals surface area contributed by atoms with Crippen molar-refractivity contribution in [3.8, 4) is 0 Å². The van der Waals surface area contributed by atoms with Crippen molar-refractivity contribution in [3.63, 3.8) is 0 Å². The molecule has 1 N–H and O–H groups in total. The van der Waals surface area contributed by atoms with Gasteiger partial charge in [0.25, 0.3) is 5.91 Å². The zero-order valence-electron chi connectivity index (χ0n) is 11.4. The fourth-order valence-electron chi connectivity index (χ4n) is 2.03. The van der Waals surface area contributed by atoms with Gasteiger partial charge in [-0.25, -0.2) is 13.2 Å². The molecule has 0 spiro atoms. The van der Waals surface area contributed by atoms with Crippen LogP contribution in [0.25, 0.3) is 0 Å². The van der Waals surface area contributed by atoms with Crippen LogP contribution in [0, 0.1) is 17.5 Å². The first kappa shape index (κ1) is 15.1. The number of hydrogen-bond donors (Lipinski definition) is 1. The third-order valence-electron chi connectivity index (χ3n) is 3.16. The van der Waals surface area contributed by atoms with E-state index in [0.717, 1.165) is 5.56 Å². The molecular weight excluding hydrogens is 279 g/mol. The molecule has 110 valence electrons. The molecule has 2 nitrogen and oxygen atoms in total. The molecule has 0 aliphatic carbocycles. The maximum atomic E-state index is 13.1. The standard InChI is InChI=1S/C16H14F3NO/c1-2-14(10-6-4-3-5-7-10)20-16(21)11-8-12(17)15(19)13(18)9-11/h3-9,14H,2H2,1H3,(H,20,21). The van der Waals surface area contributed by atoms with Crippen LogP contribution in [0.3, 0.4) is 0 Å². The molecule has 2 aromatic carbocycles. The van der Waals surface area contributed by atoms with E-state index in [1.165, 1.54) is 0 Å². The molecule has 1 atom stereocenters. The fraction of sp³-hybridized carbons (Fsp3) is 0.188. The van der Waals surface area contributed by atoms with Gasteiger partial charge in [-0.05, 0) is 24.1 Å². The van der Waals surface area contributed by atoms with Gasteiger partial charge in [-0.3, -0.25) is 4.79 Å². The molecule has 0 aromatic heterocycles. The van der Waals surface area contributed by atoms with Gasteiger partial charge >= 0.3 is 0 Å². The molecule has 0 fully saturated rings. The van der Waals surface area contributed by atoms with Crippen LogP contribution in [0.15, 0.2) is 42.5 Å². The van der Waals surface area contributed by atoms with Crippen molar-refractivity contribution in [2.45, 2.75) is 19.4 Å². The number of halogens is 3. The Morgan fingerprint density at radius 1 is 1.10 bits per heavy atom. The Morgan fingerprint density at radius 3 is 2.19 bits per heavy atom. The summed E-state index contributed by atoms with van der Waals surface area (Å²) in [4.78, 5) is 12.0. The minimum atomic E-state index is -1.58. The SMILES string of the molecule is CCC(NC(=O)c1cc(F)c(F)c(F)c1)c1ccccc1. The van der Waals surface area contributed by atoms with Gasteiger partial charge in [0.2, 0.25) is 0 Å². The van der Waals surface area contributed by atoms with Gasteiger partial charge in [-0.15, -0.1) is 0 Å². The third kappa shape index (κ3) is 3.42. The lowest BCUT2D eigenvalue weighted by molar-refractivity contribution is 0.0934. The second-order valence-electron chi connectivity index (χ2n) is 4.60. The van der Waals surface area contributed by atoms with Gasteiger partial charge in [0.1, 0.15) is 0 Å². The lowest BCUT2D eigenvalue weighted by Crippen LogP contribution is -2.28. The number of carbonyl (C=O) groups is 1. The highest BCUT2D eigenvalue weighted by atomic mass is 19.2. The van der Waals surface area contributed by atoms with Crippen LogP contribution in [0.5, 0.6) is 0 Å². The summed E-state index contributed by atoms with van der Waals surface area (Å²) in [5.74, 6) is -4.99. The van der Waals surface area contributed by atoms with Gasteiger partial charge in [0, 0.05) is 5.56 Å². The van der Waals surface area contributed by atoms with Gasteiger partial charge < -0.3 is 5.32 Å². The summed E-state index contributed by atoms with van der Waals surface area (Å²) < 4.78 is 39.2. The Kier molecular flexibility index (Phi) is 4.62. The fourth-order valence-corrected chi connectivity index (χ4v) is 2.03. The van der Waals surface area contributed by atoms with Crippen molar-refractivity contribution in [2.24, 2.45) is 0 Å². The van der Waals surface area contributed by atoms with Crippen LogP contribution in [-0.2, 0) is 0 Å². The molecule has 0 radical (unpaired) electrons. The second-order valence-corrected chi connectivity index (χ2v) is 4.60. The van der Waals surface area contributed by atoms with Crippen molar-refractivity contribution in [1.29, 1.82) is 0 Å². The van der Waals surface area contributed by atoms with Gasteiger partial charge in [0.05, 0.1) is 6.04 Å². The monoisotopic (exact) mass is 293 g/mol. The zero-order valence-corrected chi connectivity index (χ0v) is 11.4. The van der Waals surface area contributed by atoms with E-state index in [4.69, 9.17) is 0 Å². The maximum Gasteiger partial charge on any atom is 0.251 e. The minimum absolute atomic E-state index is 0.249. The summed E-state index contributed by atoms with van der Waals surface area (Å²) in [6.07, 6.45) is 0.613. The molecule has 0 bridgehead atoms. The molecule has 2 aromatic rings. The van der Waals surface area contributed by atoms with Crippen LogP contribution in [0.1, 0.15) is 35.3 Å². The van der Waals surface area contributed by atoms with Crippen molar-refractivity contribution in [3.05, 3.63) is 71.0 Å². The lowest BCUT2D eigenvalue weighted by Gasteiger charge is -2.17. The average molecular weight is 293 g/mol. The first-order valence-corrected chi connectivity index (χ1v) is 6.53. The minimum Gasteiger partial charge on any atom is -0.345 e. The highest BCUT2D eigenvalue weighted by Gasteiger charge is 2.18. The first-order chi connectivity index (χ1) is 10.0. The van der Waals surface area contributed by atoms with Crippen molar-refractivity contribution in [1.82, 2.24) is 5.32 Å². The molecule has 0 saturated carbocycles. The molecule has 0 heterocycles. The van der Waals surface area contributed by atoms with Crippen LogP contribution in [0.2, 0.25) is 0 Å². The summed E-state index contributed by atoms with van der Waals surface area (Å²) in [5, 5.41) is 2.68. The van der Waals surface area contributed by atoms with E-state index in [1.54, 1.807) is 0 Å². The highest BCUT2D eigenvalue weighted by molar-refractivity contribution is 5.94. The van der Waals surface area contributed by atoms with E-state index >= 15 is 0 Å². The lowest BCUT2D eigenvalue weighted by atomic mass is 10.0. The molecule has 1 amide bonds. The largest absolute Gasteiger partial charge is 0.345 e.